The fraction of sp³-hybridized carbons (Fsp3) is 0.417. The van der Waals surface area contributed by atoms with Crippen LogP contribution in [0.25, 0.3) is 0 Å². The Morgan fingerprint density at radius 3 is 2.46 bits per heavy atom. The van der Waals surface area contributed by atoms with Gasteiger partial charge in [-0.3, -0.25) is 0 Å². The highest BCUT2D eigenvalue weighted by molar-refractivity contribution is 7.89. The molecular formula is C24H29ClFN3O7S. The van der Waals surface area contributed by atoms with Gasteiger partial charge in [0.05, 0.1) is 18.2 Å². The van der Waals surface area contributed by atoms with E-state index in [0.29, 0.717) is 11.1 Å². The molecule has 1 aromatic heterocycles. The molecule has 13 heteroatoms. The smallest absolute Gasteiger partial charge is 0.434 e. The molecule has 2 aromatic carbocycles. The highest BCUT2D eigenvalue weighted by Gasteiger charge is 2.35. The number of aromatic amines is 1. The van der Waals surface area contributed by atoms with Crippen molar-refractivity contribution in [3.05, 3.63) is 73.8 Å². The van der Waals surface area contributed by atoms with Crippen LogP contribution in [0.4, 0.5) is 4.39 Å². The van der Waals surface area contributed by atoms with E-state index in [9.17, 15) is 17.6 Å². The topological polar surface area (TPSA) is 133 Å². The number of hydrogen-bond acceptors (Lipinski definition) is 8. The van der Waals surface area contributed by atoms with Gasteiger partial charge in [0.2, 0.25) is 15.9 Å². The van der Waals surface area contributed by atoms with E-state index in [1.54, 1.807) is 26.8 Å². The van der Waals surface area contributed by atoms with Gasteiger partial charge in [-0.2, -0.15) is 4.72 Å². The first-order chi connectivity index (χ1) is 17.4. The molecule has 0 spiro atoms. The van der Waals surface area contributed by atoms with E-state index in [0.717, 1.165) is 5.56 Å². The van der Waals surface area contributed by atoms with Crippen molar-refractivity contribution in [2.45, 2.75) is 50.7 Å². The summed E-state index contributed by atoms with van der Waals surface area (Å²) in [7, 11) is -1.63. The van der Waals surface area contributed by atoms with E-state index in [2.05, 4.69) is 14.9 Å². The SMILES string of the molecule is COCOC(C)c1c(Cl)ccc(S(=O)(=O)N[C@H](c2n[nH]c(=O)o2)[C@H](C)c2c(F)ccc(C)c2C)c1OC. The highest BCUT2D eigenvalue weighted by Crippen LogP contribution is 2.40. The predicted molar refractivity (Wildman–Crippen MR) is 134 cm³/mol. The Hall–Kier alpha value is -2.77. The quantitative estimate of drug-likeness (QED) is 0.334. The molecule has 3 aromatic rings. The van der Waals surface area contributed by atoms with Gasteiger partial charge in [-0.05, 0) is 55.7 Å². The molecule has 3 rings (SSSR count). The number of aromatic nitrogens is 2. The van der Waals surface area contributed by atoms with Gasteiger partial charge in [-0.15, -0.1) is 5.10 Å². The number of halogens is 2. The average Bonchev–Trinajstić information content (AvgIpc) is 3.28. The first-order valence-electron chi connectivity index (χ1n) is 11.2. The maximum Gasteiger partial charge on any atom is 0.434 e. The number of H-pyrrole nitrogens is 1. The van der Waals surface area contributed by atoms with Crippen molar-refractivity contribution in [1.29, 1.82) is 0 Å². The van der Waals surface area contributed by atoms with Crippen LogP contribution in [0.2, 0.25) is 5.02 Å². The number of nitrogens with zero attached hydrogens (tertiary/aromatic N) is 1. The Labute approximate surface area is 219 Å². The predicted octanol–water partition coefficient (Wildman–Crippen LogP) is 4.29. The number of aryl methyl sites for hydroxylation is 1. The zero-order valence-electron chi connectivity index (χ0n) is 21.2. The van der Waals surface area contributed by atoms with Crippen molar-refractivity contribution in [3.63, 3.8) is 0 Å². The molecule has 0 saturated carbocycles. The number of benzene rings is 2. The highest BCUT2D eigenvalue weighted by atomic mass is 35.5. The zero-order chi connectivity index (χ0) is 27.5. The lowest BCUT2D eigenvalue weighted by molar-refractivity contribution is -0.0672. The molecule has 1 heterocycles. The van der Waals surface area contributed by atoms with Crippen molar-refractivity contribution < 1.29 is 31.4 Å². The minimum absolute atomic E-state index is 0.0450. The molecule has 3 atom stereocenters. The number of nitrogens with one attached hydrogen (secondary N) is 2. The van der Waals surface area contributed by atoms with Crippen molar-refractivity contribution >= 4 is 21.6 Å². The van der Waals surface area contributed by atoms with E-state index in [1.165, 1.54) is 32.4 Å². The summed E-state index contributed by atoms with van der Waals surface area (Å²) in [6, 6.07) is 4.34. The van der Waals surface area contributed by atoms with Crippen molar-refractivity contribution in [2.75, 3.05) is 21.0 Å². The third-order valence-corrected chi connectivity index (χ3v) is 7.93. The Bertz CT molecular complexity index is 1420. The van der Waals surface area contributed by atoms with Gasteiger partial charge < -0.3 is 18.6 Å². The molecule has 1 unspecified atom stereocenters. The maximum absolute atomic E-state index is 15.0. The van der Waals surface area contributed by atoms with Gasteiger partial charge in [-0.25, -0.2) is 22.7 Å². The van der Waals surface area contributed by atoms with Crippen LogP contribution in [0.1, 0.15) is 60.1 Å². The first-order valence-corrected chi connectivity index (χ1v) is 13.1. The lowest BCUT2D eigenvalue weighted by Crippen LogP contribution is -2.33. The van der Waals surface area contributed by atoms with E-state index >= 15 is 0 Å². The number of ether oxygens (including phenoxy) is 3. The van der Waals surface area contributed by atoms with Crippen LogP contribution in [0.5, 0.6) is 5.75 Å². The van der Waals surface area contributed by atoms with E-state index < -0.39 is 39.7 Å². The molecule has 10 nitrogen and oxygen atoms in total. The van der Waals surface area contributed by atoms with Crippen LogP contribution in [-0.2, 0) is 19.5 Å². The molecule has 2 N–H and O–H groups in total. The number of sulfonamides is 1. The lowest BCUT2D eigenvalue weighted by Gasteiger charge is -2.26. The van der Waals surface area contributed by atoms with Crippen LogP contribution in [0.3, 0.4) is 0 Å². The Morgan fingerprint density at radius 1 is 1.16 bits per heavy atom. The summed E-state index contributed by atoms with van der Waals surface area (Å²) in [6.07, 6.45) is -0.680. The third-order valence-electron chi connectivity index (χ3n) is 6.13. The lowest BCUT2D eigenvalue weighted by atomic mass is 9.88. The fourth-order valence-electron chi connectivity index (χ4n) is 4.11. The van der Waals surface area contributed by atoms with Crippen molar-refractivity contribution in [1.82, 2.24) is 14.9 Å². The molecule has 0 amide bonds. The summed E-state index contributed by atoms with van der Waals surface area (Å²) < 4.78 is 66.0. The van der Waals surface area contributed by atoms with Gasteiger partial charge in [0.15, 0.2) is 0 Å². The average molecular weight is 558 g/mol. The molecule has 202 valence electrons. The summed E-state index contributed by atoms with van der Waals surface area (Å²) in [4.78, 5) is 11.5. The molecule has 0 bridgehead atoms. The van der Waals surface area contributed by atoms with Gasteiger partial charge in [0.25, 0.3) is 0 Å². The second-order valence-electron chi connectivity index (χ2n) is 8.45. The van der Waals surface area contributed by atoms with Crippen molar-refractivity contribution in [2.24, 2.45) is 0 Å². The first kappa shape index (κ1) is 28.8. The molecule has 0 aliphatic carbocycles. The van der Waals surface area contributed by atoms with Gasteiger partial charge >= 0.3 is 5.76 Å². The number of rotatable bonds is 11. The Kier molecular flexibility index (Phi) is 9.13. The van der Waals surface area contributed by atoms with E-state index in [-0.39, 0.29) is 33.9 Å². The molecule has 37 heavy (non-hydrogen) atoms. The summed E-state index contributed by atoms with van der Waals surface area (Å²) in [5, 5.41) is 6.16. The zero-order valence-corrected chi connectivity index (χ0v) is 22.8. The molecule has 0 radical (unpaired) electrons. The van der Waals surface area contributed by atoms with Crippen LogP contribution < -0.4 is 15.2 Å². The van der Waals surface area contributed by atoms with Crippen LogP contribution in [-0.4, -0.2) is 39.6 Å². The summed E-state index contributed by atoms with van der Waals surface area (Å²) in [6.45, 7) is 6.75. The van der Waals surface area contributed by atoms with Gasteiger partial charge in [-0.1, -0.05) is 24.6 Å². The van der Waals surface area contributed by atoms with Crippen molar-refractivity contribution in [3.8, 4) is 5.75 Å². The number of methoxy groups -OCH3 is 2. The molecule has 0 fully saturated rings. The van der Waals surface area contributed by atoms with E-state index in [1.807, 2.05) is 6.92 Å². The summed E-state index contributed by atoms with van der Waals surface area (Å²) >= 11 is 6.37. The summed E-state index contributed by atoms with van der Waals surface area (Å²) in [5.74, 6) is -2.55. The third kappa shape index (κ3) is 6.04. The van der Waals surface area contributed by atoms with Gasteiger partial charge in [0.1, 0.15) is 29.3 Å². The molecule has 0 saturated heterocycles. The standard InChI is InChI=1S/C24H29ClFN3O7S/c1-12-7-9-17(26)19(13(12)2)14(3)21(23-27-28-24(30)36-23)29-37(31,32)18-10-8-16(25)20(22(18)34-6)15(4)35-11-33-5/h7-10,14-15,21,29H,11H2,1-6H3,(H,28,30)/t14-,15?,21+/m1/s1. The minimum atomic E-state index is -4.38. The monoisotopic (exact) mass is 557 g/mol. The normalized spacial score (nSPS) is 14.4. The Balaban J connectivity index is 2.13. The van der Waals surface area contributed by atoms with Crippen LogP contribution >= 0.6 is 11.6 Å². The van der Waals surface area contributed by atoms with E-state index in [4.69, 9.17) is 30.2 Å². The number of hydrogen-bond donors (Lipinski definition) is 2. The molecule has 0 aliphatic heterocycles. The van der Waals surface area contributed by atoms with Gasteiger partial charge in [0, 0.05) is 18.6 Å². The second-order valence-corrected chi connectivity index (χ2v) is 10.5. The maximum atomic E-state index is 15.0. The summed E-state index contributed by atoms with van der Waals surface area (Å²) in [5.41, 5.74) is 1.98. The van der Waals surface area contributed by atoms with Crippen LogP contribution in [0, 0.1) is 19.7 Å². The fourth-order valence-corrected chi connectivity index (χ4v) is 5.86. The molecule has 0 aliphatic rings. The van der Waals surface area contributed by atoms with Crippen LogP contribution in [0.15, 0.2) is 38.4 Å². The Morgan fingerprint density at radius 2 is 1.86 bits per heavy atom. The molecular weight excluding hydrogens is 529 g/mol. The largest absolute Gasteiger partial charge is 0.495 e. The minimum Gasteiger partial charge on any atom is -0.495 e. The second kappa shape index (κ2) is 11.7.